The Morgan fingerprint density at radius 1 is 1.00 bits per heavy atom. The smallest absolute Gasteiger partial charge is 0.410 e. The van der Waals surface area contributed by atoms with E-state index in [1.807, 2.05) is 29.5 Å². The minimum Gasteiger partial charge on any atom is -0.497 e. The van der Waals surface area contributed by atoms with Gasteiger partial charge in [0.05, 0.1) is 24.7 Å². The van der Waals surface area contributed by atoms with Gasteiger partial charge in [0, 0.05) is 35.8 Å². The van der Waals surface area contributed by atoms with Crippen LogP contribution in [0.2, 0.25) is 0 Å². The molecule has 1 amide bonds. The highest BCUT2D eigenvalue weighted by Crippen LogP contribution is 2.37. The molecule has 2 N–H and O–H groups in total. The van der Waals surface area contributed by atoms with Crippen molar-refractivity contribution in [1.82, 2.24) is 34.6 Å². The van der Waals surface area contributed by atoms with Crippen molar-refractivity contribution < 1.29 is 31.6 Å². The van der Waals surface area contributed by atoms with Gasteiger partial charge in [-0.3, -0.25) is 0 Å². The summed E-state index contributed by atoms with van der Waals surface area (Å²) in [6.45, 7) is 7.89. The number of nitrogens with one attached hydrogen (secondary N) is 2. The average Bonchev–Trinajstić information content (AvgIpc) is 3.74. The molecule has 5 rings (SSSR count). The van der Waals surface area contributed by atoms with Crippen molar-refractivity contribution in [3.63, 3.8) is 0 Å². The Bertz CT molecular complexity index is 1870. The molecule has 50 heavy (non-hydrogen) atoms. The predicted octanol–water partition coefficient (Wildman–Crippen LogP) is 4.75. The second-order valence-electron chi connectivity index (χ2n) is 12.8. The Labute approximate surface area is 308 Å². The van der Waals surface area contributed by atoms with Crippen molar-refractivity contribution in [2.75, 3.05) is 27.3 Å². The van der Waals surface area contributed by atoms with E-state index in [0.717, 1.165) is 0 Å². The second-order valence-corrected chi connectivity index (χ2v) is 17.1. The van der Waals surface area contributed by atoms with Crippen LogP contribution in [0.15, 0.2) is 70.5 Å². The van der Waals surface area contributed by atoms with Crippen LogP contribution in [-0.2, 0) is 38.8 Å². The maximum absolute atomic E-state index is 15.1. The fourth-order valence-corrected chi connectivity index (χ4v) is 9.70. The number of H-pyrrole nitrogens is 1. The topological polar surface area (TPSA) is 169 Å². The molecule has 268 valence electrons. The van der Waals surface area contributed by atoms with Crippen LogP contribution in [-0.4, -0.2) is 87.5 Å². The van der Waals surface area contributed by atoms with Gasteiger partial charge in [-0.15, -0.1) is 10.2 Å². The molecule has 2 heterocycles. The van der Waals surface area contributed by atoms with Gasteiger partial charge in [0.1, 0.15) is 33.0 Å². The van der Waals surface area contributed by atoms with Gasteiger partial charge < -0.3 is 19.1 Å². The first-order chi connectivity index (χ1) is 23.7. The molecule has 0 aliphatic carbocycles. The van der Waals surface area contributed by atoms with Crippen LogP contribution in [0.3, 0.4) is 0 Å². The van der Waals surface area contributed by atoms with E-state index in [1.54, 1.807) is 94.5 Å². The van der Waals surface area contributed by atoms with Crippen molar-refractivity contribution >= 4 is 49.7 Å². The zero-order chi connectivity index (χ0) is 36.2. The largest absolute Gasteiger partial charge is 0.497 e. The monoisotopic (exact) mass is 837 g/mol. The summed E-state index contributed by atoms with van der Waals surface area (Å²) in [4.78, 5) is 14.2. The predicted molar refractivity (Wildman–Crippen MR) is 195 cm³/mol. The van der Waals surface area contributed by atoms with Gasteiger partial charge in [-0.2, -0.15) is 9.52 Å². The van der Waals surface area contributed by atoms with Gasteiger partial charge in [-0.1, -0.05) is 31.2 Å². The maximum atomic E-state index is 15.1. The van der Waals surface area contributed by atoms with Crippen LogP contribution in [0.25, 0.3) is 11.4 Å². The molecule has 1 saturated heterocycles. The van der Waals surface area contributed by atoms with Gasteiger partial charge in [0.15, 0.2) is 0 Å². The summed E-state index contributed by atoms with van der Waals surface area (Å²) in [5, 5.41) is 14.3. The fraction of sp³-hybridized carbons (Fsp3) is 0.394. The third-order valence-corrected chi connectivity index (χ3v) is 12.2. The molecule has 1 aliphatic heterocycles. The normalized spacial score (nSPS) is 17.2. The van der Waals surface area contributed by atoms with Crippen LogP contribution in [0.5, 0.6) is 11.5 Å². The molecular formula is C33H40IN7O7S2. The quantitative estimate of drug-likeness (QED) is 0.190. The standard InChI is InChI=1S/C33H40IN7O7S2/c1-21-17-40(32(42)48-33(2,3)4)20-27(21)37-49(43)28-16-15-26(34)29(31-35-38-39-36-31)30(28)50(44,45)41(18-22-7-11-24(46-5)12-8-22)19-23-9-13-25(47-6)14-10-23/h7-16,21,27,37H,17-20H2,1-6H3,(H,35,36,38,39)/t21-,27-,49?/m1/s1. The van der Waals surface area contributed by atoms with Crippen molar-refractivity contribution in [2.24, 2.45) is 5.92 Å². The summed E-state index contributed by atoms with van der Waals surface area (Å²) >= 11 is 2.02. The first kappa shape index (κ1) is 37.6. The van der Waals surface area contributed by atoms with E-state index in [0.29, 0.717) is 32.7 Å². The average molecular weight is 838 g/mol. The molecule has 1 aromatic heterocycles. The van der Waals surface area contributed by atoms with Gasteiger partial charge >= 0.3 is 6.09 Å². The zero-order valence-corrected chi connectivity index (χ0v) is 32.3. The maximum Gasteiger partial charge on any atom is 0.410 e. The Morgan fingerprint density at radius 2 is 1.58 bits per heavy atom. The molecule has 4 aromatic rings. The molecule has 17 heteroatoms. The van der Waals surface area contributed by atoms with E-state index in [9.17, 15) is 9.00 Å². The summed E-state index contributed by atoms with van der Waals surface area (Å²) in [6, 6.07) is 17.0. The number of hydrogen-bond acceptors (Lipinski definition) is 10. The Hall–Kier alpha value is -3.65. The number of rotatable bonds is 12. The molecule has 3 atom stereocenters. The molecule has 3 aromatic carbocycles. The lowest BCUT2D eigenvalue weighted by atomic mass is 10.1. The number of carbonyl (C=O) groups is 1. The molecule has 0 saturated carbocycles. The first-order valence-corrected chi connectivity index (χ1v) is 19.3. The minimum absolute atomic E-state index is 0.0144. The number of benzene rings is 3. The lowest BCUT2D eigenvalue weighted by Gasteiger charge is -2.26. The SMILES string of the molecule is COc1ccc(CN(Cc2ccc(OC)cc2)S(=O)(=O)c2c(S(=O)N[C@@H]3CN(C(=O)OC(C)(C)C)C[C@H]3C)ccc(I)c2-c2nn[nH]n2)cc1. The number of methoxy groups -OCH3 is 2. The highest BCUT2D eigenvalue weighted by atomic mass is 127. The van der Waals surface area contributed by atoms with E-state index in [-0.39, 0.29) is 46.7 Å². The fourth-order valence-electron chi connectivity index (χ4n) is 5.44. The number of aromatic nitrogens is 4. The highest BCUT2D eigenvalue weighted by molar-refractivity contribution is 14.1. The number of halogens is 1. The summed E-state index contributed by atoms with van der Waals surface area (Å²) in [7, 11) is -3.39. The van der Waals surface area contributed by atoms with Crippen molar-refractivity contribution in [2.45, 2.75) is 62.2 Å². The van der Waals surface area contributed by atoms with Gasteiger partial charge in [-0.05, 0) is 102 Å². The number of carbonyl (C=O) groups excluding carboxylic acids is 1. The molecule has 1 aliphatic rings. The van der Waals surface area contributed by atoms with Crippen LogP contribution >= 0.6 is 22.6 Å². The van der Waals surface area contributed by atoms with Gasteiger partial charge in [0.2, 0.25) is 15.8 Å². The number of ether oxygens (including phenoxy) is 3. The number of amides is 1. The second kappa shape index (κ2) is 15.7. The van der Waals surface area contributed by atoms with E-state index in [4.69, 9.17) is 14.2 Å². The Balaban J connectivity index is 1.57. The summed E-state index contributed by atoms with van der Waals surface area (Å²) < 4.78 is 65.7. The third-order valence-electron chi connectivity index (χ3n) is 8.00. The number of likely N-dealkylation sites (tertiary alicyclic amines) is 1. The van der Waals surface area contributed by atoms with Crippen LogP contribution in [0.1, 0.15) is 38.8 Å². The molecule has 0 spiro atoms. The summed E-state index contributed by atoms with van der Waals surface area (Å²) in [5.41, 5.74) is 0.903. The van der Waals surface area contributed by atoms with Crippen molar-refractivity contribution in [3.05, 3.63) is 75.4 Å². The minimum atomic E-state index is -4.45. The van der Waals surface area contributed by atoms with Crippen LogP contribution in [0, 0.1) is 9.49 Å². The number of tetrazole rings is 1. The van der Waals surface area contributed by atoms with Gasteiger partial charge in [0.25, 0.3) is 0 Å². The number of nitrogens with zero attached hydrogens (tertiary/aromatic N) is 5. The van der Waals surface area contributed by atoms with Crippen molar-refractivity contribution in [3.8, 4) is 22.9 Å². The Morgan fingerprint density at radius 3 is 2.08 bits per heavy atom. The lowest BCUT2D eigenvalue weighted by molar-refractivity contribution is 0.0287. The highest BCUT2D eigenvalue weighted by Gasteiger charge is 2.39. The van der Waals surface area contributed by atoms with E-state index in [2.05, 4.69) is 25.3 Å². The molecule has 14 nitrogen and oxygen atoms in total. The molecule has 1 fully saturated rings. The molecular weight excluding hydrogens is 797 g/mol. The van der Waals surface area contributed by atoms with E-state index in [1.165, 1.54) is 10.4 Å². The van der Waals surface area contributed by atoms with E-state index >= 15 is 8.42 Å². The lowest BCUT2D eigenvalue weighted by Crippen LogP contribution is -2.40. The molecule has 0 radical (unpaired) electrons. The first-order valence-electron chi connectivity index (χ1n) is 15.7. The number of aromatic amines is 1. The van der Waals surface area contributed by atoms with Crippen LogP contribution in [0.4, 0.5) is 4.79 Å². The summed E-state index contributed by atoms with van der Waals surface area (Å²) in [6.07, 6.45) is -0.468. The molecule has 0 bridgehead atoms. The Kier molecular flexibility index (Phi) is 11.8. The van der Waals surface area contributed by atoms with Crippen molar-refractivity contribution in [1.29, 1.82) is 0 Å². The van der Waals surface area contributed by atoms with Gasteiger partial charge in [-0.25, -0.2) is 22.1 Å². The molecule has 1 unspecified atom stereocenters. The van der Waals surface area contributed by atoms with Crippen LogP contribution < -0.4 is 14.2 Å². The van der Waals surface area contributed by atoms with E-state index < -0.39 is 38.7 Å². The summed E-state index contributed by atoms with van der Waals surface area (Å²) in [5.74, 6) is 1.19. The zero-order valence-electron chi connectivity index (χ0n) is 28.5. The number of sulfonamides is 1. The number of hydrogen-bond donors (Lipinski definition) is 2. The third kappa shape index (κ3) is 8.79.